The molecule has 0 spiro atoms. The van der Waals surface area contributed by atoms with Crippen LogP contribution in [0.3, 0.4) is 0 Å². The molecule has 0 radical (unpaired) electrons. The van der Waals surface area contributed by atoms with Crippen molar-refractivity contribution in [2.24, 2.45) is 7.05 Å². The lowest BCUT2D eigenvalue weighted by Gasteiger charge is -2.17. The highest BCUT2D eigenvalue weighted by atomic mass is 16.5. The fourth-order valence-electron chi connectivity index (χ4n) is 3.05. The molecular weight excluding hydrogens is 318 g/mol. The summed E-state index contributed by atoms with van der Waals surface area (Å²) in [6, 6.07) is 14.7. The number of hydrogen-bond donors (Lipinski definition) is 1. The highest BCUT2D eigenvalue weighted by Crippen LogP contribution is 2.24. The summed E-state index contributed by atoms with van der Waals surface area (Å²) in [6.45, 7) is 1.86. The molecule has 0 aliphatic heterocycles. The molecule has 0 bridgehead atoms. The molecule has 2 aromatic carbocycles. The van der Waals surface area contributed by atoms with E-state index in [0.29, 0.717) is 0 Å². The van der Waals surface area contributed by atoms with Crippen LogP contribution in [0.4, 0.5) is 0 Å². The van der Waals surface area contributed by atoms with Gasteiger partial charge >= 0.3 is 5.69 Å². The maximum atomic E-state index is 12.5. The van der Waals surface area contributed by atoms with Crippen molar-refractivity contribution in [1.82, 2.24) is 14.5 Å². The summed E-state index contributed by atoms with van der Waals surface area (Å²) in [4.78, 5) is 24.9. The van der Waals surface area contributed by atoms with Gasteiger partial charge in [0.15, 0.2) is 0 Å². The van der Waals surface area contributed by atoms with Gasteiger partial charge in [-0.25, -0.2) is 4.79 Å². The number of para-hydroxylation sites is 3. The third kappa shape index (κ3) is 3.15. The molecule has 0 saturated heterocycles. The highest BCUT2D eigenvalue weighted by Gasteiger charge is 2.17. The molecule has 1 aromatic heterocycles. The van der Waals surface area contributed by atoms with Gasteiger partial charge in [0.25, 0.3) is 0 Å². The first-order chi connectivity index (χ1) is 12.0. The summed E-state index contributed by atoms with van der Waals surface area (Å²) in [5.41, 5.74) is 2.23. The Morgan fingerprint density at radius 1 is 1.12 bits per heavy atom. The number of aryl methyl sites for hydroxylation is 1. The van der Waals surface area contributed by atoms with Crippen LogP contribution in [0.1, 0.15) is 18.5 Å². The van der Waals surface area contributed by atoms with E-state index in [1.807, 2.05) is 55.5 Å². The number of rotatable bonds is 5. The third-order valence-electron chi connectivity index (χ3n) is 4.34. The van der Waals surface area contributed by atoms with Crippen molar-refractivity contribution in [3.05, 3.63) is 64.6 Å². The molecule has 1 atom stereocenters. The minimum Gasteiger partial charge on any atom is -0.496 e. The number of benzene rings is 2. The van der Waals surface area contributed by atoms with Gasteiger partial charge in [-0.15, -0.1) is 0 Å². The first-order valence-electron chi connectivity index (χ1n) is 8.09. The highest BCUT2D eigenvalue weighted by molar-refractivity contribution is 5.81. The second kappa shape index (κ2) is 6.84. The minimum atomic E-state index is -0.227. The van der Waals surface area contributed by atoms with Crippen molar-refractivity contribution in [2.75, 3.05) is 7.11 Å². The van der Waals surface area contributed by atoms with Crippen LogP contribution < -0.4 is 15.7 Å². The second-order valence-corrected chi connectivity index (χ2v) is 5.95. The molecule has 1 amide bonds. The van der Waals surface area contributed by atoms with Crippen LogP contribution >= 0.6 is 0 Å². The zero-order chi connectivity index (χ0) is 18.0. The summed E-state index contributed by atoms with van der Waals surface area (Å²) < 4.78 is 8.37. The van der Waals surface area contributed by atoms with Gasteiger partial charge in [0, 0.05) is 12.6 Å². The summed E-state index contributed by atoms with van der Waals surface area (Å²) >= 11 is 0. The number of nitrogens with one attached hydrogen (secondary N) is 1. The Kier molecular flexibility index (Phi) is 4.61. The molecule has 0 aliphatic rings. The third-order valence-corrected chi connectivity index (χ3v) is 4.34. The van der Waals surface area contributed by atoms with Crippen molar-refractivity contribution in [3.8, 4) is 5.75 Å². The van der Waals surface area contributed by atoms with Crippen LogP contribution in [0.5, 0.6) is 5.75 Å². The Balaban J connectivity index is 1.82. The van der Waals surface area contributed by atoms with Crippen LogP contribution in [-0.4, -0.2) is 22.2 Å². The molecule has 1 heterocycles. The number of fused-ring (bicyclic) bond motifs is 1. The van der Waals surface area contributed by atoms with E-state index in [2.05, 4.69) is 5.32 Å². The summed E-state index contributed by atoms with van der Waals surface area (Å²) in [7, 11) is 3.31. The Hall–Kier alpha value is -3.02. The van der Waals surface area contributed by atoms with E-state index in [4.69, 9.17) is 4.74 Å². The van der Waals surface area contributed by atoms with Gasteiger partial charge in [0.05, 0.1) is 24.2 Å². The number of imidazole rings is 1. The smallest absolute Gasteiger partial charge is 0.329 e. The fraction of sp³-hybridized carbons (Fsp3) is 0.263. The largest absolute Gasteiger partial charge is 0.496 e. The van der Waals surface area contributed by atoms with Gasteiger partial charge in [0.1, 0.15) is 12.3 Å². The van der Waals surface area contributed by atoms with E-state index in [-0.39, 0.29) is 24.2 Å². The molecule has 6 nitrogen and oxygen atoms in total. The number of ether oxygens (including phenoxy) is 1. The van der Waals surface area contributed by atoms with Gasteiger partial charge < -0.3 is 10.1 Å². The lowest BCUT2D eigenvalue weighted by Crippen LogP contribution is -2.34. The topological polar surface area (TPSA) is 65.3 Å². The number of nitrogens with zero attached hydrogens (tertiary/aromatic N) is 2. The monoisotopic (exact) mass is 339 g/mol. The number of hydrogen-bond acceptors (Lipinski definition) is 3. The van der Waals surface area contributed by atoms with Gasteiger partial charge in [0.2, 0.25) is 5.91 Å². The molecule has 0 aliphatic carbocycles. The van der Waals surface area contributed by atoms with E-state index in [0.717, 1.165) is 22.3 Å². The Morgan fingerprint density at radius 2 is 1.76 bits per heavy atom. The van der Waals surface area contributed by atoms with Crippen LogP contribution in [0, 0.1) is 0 Å². The van der Waals surface area contributed by atoms with Gasteiger partial charge in [-0.05, 0) is 25.1 Å². The SMILES string of the molecule is COc1ccccc1C(C)NC(=O)Cn1c(=O)n(C)c2ccccc21. The molecule has 130 valence electrons. The summed E-state index contributed by atoms with van der Waals surface area (Å²) in [6.07, 6.45) is 0. The first kappa shape index (κ1) is 16.8. The minimum absolute atomic E-state index is 0.0281. The lowest BCUT2D eigenvalue weighted by atomic mass is 10.1. The van der Waals surface area contributed by atoms with Crippen molar-refractivity contribution >= 4 is 16.9 Å². The molecule has 1 unspecified atom stereocenters. The van der Waals surface area contributed by atoms with Crippen molar-refractivity contribution in [1.29, 1.82) is 0 Å². The Labute approximate surface area is 145 Å². The first-order valence-corrected chi connectivity index (χ1v) is 8.09. The number of aromatic nitrogens is 2. The quantitative estimate of drug-likeness (QED) is 0.775. The van der Waals surface area contributed by atoms with E-state index in [1.54, 1.807) is 18.7 Å². The average Bonchev–Trinajstić information content (AvgIpc) is 2.87. The predicted molar refractivity (Wildman–Crippen MR) is 96.7 cm³/mol. The average molecular weight is 339 g/mol. The molecule has 6 heteroatoms. The number of carbonyl (C=O) groups is 1. The molecule has 1 N–H and O–H groups in total. The normalized spacial score (nSPS) is 12.1. The fourth-order valence-corrected chi connectivity index (χ4v) is 3.05. The van der Waals surface area contributed by atoms with Crippen molar-refractivity contribution in [3.63, 3.8) is 0 Å². The Bertz CT molecular complexity index is 971. The zero-order valence-corrected chi connectivity index (χ0v) is 14.5. The lowest BCUT2D eigenvalue weighted by molar-refractivity contribution is -0.122. The van der Waals surface area contributed by atoms with Crippen molar-refractivity contribution < 1.29 is 9.53 Å². The van der Waals surface area contributed by atoms with Gasteiger partial charge in [-0.1, -0.05) is 30.3 Å². The number of methoxy groups -OCH3 is 1. The van der Waals surface area contributed by atoms with Crippen LogP contribution in [0.25, 0.3) is 11.0 Å². The van der Waals surface area contributed by atoms with E-state index >= 15 is 0 Å². The predicted octanol–water partition coefficient (Wildman–Crippen LogP) is 2.23. The van der Waals surface area contributed by atoms with E-state index in [9.17, 15) is 9.59 Å². The van der Waals surface area contributed by atoms with E-state index in [1.165, 1.54) is 4.57 Å². The molecule has 0 fully saturated rings. The zero-order valence-electron chi connectivity index (χ0n) is 14.5. The van der Waals surface area contributed by atoms with Crippen LogP contribution in [0.15, 0.2) is 53.3 Å². The van der Waals surface area contributed by atoms with Gasteiger partial charge in [-0.2, -0.15) is 0 Å². The van der Waals surface area contributed by atoms with Gasteiger partial charge in [-0.3, -0.25) is 13.9 Å². The number of carbonyl (C=O) groups excluding carboxylic acids is 1. The van der Waals surface area contributed by atoms with Crippen LogP contribution in [0.2, 0.25) is 0 Å². The summed E-state index contributed by atoms with van der Waals surface area (Å²) in [5.74, 6) is 0.495. The second-order valence-electron chi connectivity index (χ2n) is 5.95. The Morgan fingerprint density at radius 3 is 2.48 bits per heavy atom. The van der Waals surface area contributed by atoms with E-state index < -0.39 is 0 Å². The van der Waals surface area contributed by atoms with Crippen LogP contribution in [-0.2, 0) is 18.4 Å². The maximum absolute atomic E-state index is 12.5. The molecule has 25 heavy (non-hydrogen) atoms. The molecular formula is C19H21N3O3. The molecule has 3 rings (SSSR count). The molecule has 3 aromatic rings. The summed E-state index contributed by atoms with van der Waals surface area (Å²) in [5, 5.41) is 2.93. The number of amides is 1. The van der Waals surface area contributed by atoms with Crippen molar-refractivity contribution in [2.45, 2.75) is 19.5 Å². The standard InChI is InChI=1S/C19H21N3O3/c1-13(14-8-4-7-11-17(14)25-3)20-18(23)12-22-16-10-6-5-9-15(16)21(2)19(22)24/h4-11,13H,12H2,1-3H3,(H,20,23). The molecule has 0 saturated carbocycles. The maximum Gasteiger partial charge on any atom is 0.329 e.